The van der Waals surface area contributed by atoms with Crippen LogP contribution in [0.1, 0.15) is 44.9 Å². The molecule has 0 radical (unpaired) electrons. The van der Waals surface area contributed by atoms with E-state index in [0.717, 1.165) is 42.9 Å². The van der Waals surface area contributed by atoms with Gasteiger partial charge in [-0.05, 0) is 68.6 Å². The average molecular weight is 235 g/mol. The Kier molecular flexibility index (Phi) is 2.69. The Labute approximate surface area is 104 Å². The molecule has 4 aliphatic carbocycles. The fraction of sp³-hybridized carbons (Fsp3) is 1.00. The van der Waals surface area contributed by atoms with Gasteiger partial charge in [-0.1, -0.05) is 0 Å². The van der Waals surface area contributed by atoms with Crippen molar-refractivity contribution in [2.45, 2.75) is 57.0 Å². The molecule has 2 nitrogen and oxygen atoms in total. The molecular weight excluding hydrogens is 210 g/mol. The Hall–Kier alpha value is -0.0800. The Morgan fingerprint density at radius 3 is 2.18 bits per heavy atom. The fourth-order valence-corrected chi connectivity index (χ4v) is 5.34. The first-order chi connectivity index (χ1) is 8.38. The van der Waals surface area contributed by atoms with Crippen LogP contribution < -0.4 is 5.32 Å². The zero-order valence-electron chi connectivity index (χ0n) is 10.7. The topological polar surface area (TPSA) is 21.3 Å². The molecule has 5 aliphatic rings. The summed E-state index contributed by atoms with van der Waals surface area (Å²) in [6, 6.07) is 1.50. The lowest BCUT2D eigenvalue weighted by Crippen LogP contribution is -2.57. The molecule has 0 aromatic rings. The summed E-state index contributed by atoms with van der Waals surface area (Å²) >= 11 is 0. The molecule has 0 aromatic heterocycles. The fourth-order valence-electron chi connectivity index (χ4n) is 5.34. The first kappa shape index (κ1) is 10.8. The summed E-state index contributed by atoms with van der Waals surface area (Å²) in [5.74, 6) is 4.21. The van der Waals surface area contributed by atoms with Gasteiger partial charge in [0, 0.05) is 18.7 Å². The predicted octanol–water partition coefficient (Wildman–Crippen LogP) is 2.58. The second kappa shape index (κ2) is 4.24. The van der Waals surface area contributed by atoms with Crippen molar-refractivity contribution in [1.29, 1.82) is 0 Å². The van der Waals surface area contributed by atoms with Gasteiger partial charge in [0.1, 0.15) is 0 Å². The molecule has 0 amide bonds. The smallest absolute Gasteiger partial charge is 0.0619 e. The molecule has 17 heavy (non-hydrogen) atoms. The van der Waals surface area contributed by atoms with Crippen molar-refractivity contribution in [3.05, 3.63) is 0 Å². The van der Waals surface area contributed by atoms with Crippen LogP contribution in [0.2, 0.25) is 0 Å². The predicted molar refractivity (Wildman–Crippen MR) is 67.8 cm³/mol. The molecular formula is C15H25NO. The normalized spacial score (nSPS) is 52.9. The van der Waals surface area contributed by atoms with E-state index >= 15 is 0 Å². The van der Waals surface area contributed by atoms with Crippen molar-refractivity contribution in [2.75, 3.05) is 13.2 Å². The molecule has 1 heterocycles. The summed E-state index contributed by atoms with van der Waals surface area (Å²) in [6.07, 6.45) is 10.3. The third-order valence-electron chi connectivity index (χ3n) is 5.82. The van der Waals surface area contributed by atoms with Crippen LogP contribution in [0.15, 0.2) is 0 Å². The van der Waals surface area contributed by atoms with Gasteiger partial charge in [0.2, 0.25) is 0 Å². The zero-order chi connectivity index (χ0) is 11.2. The second-order valence-electron chi connectivity index (χ2n) is 7.04. The van der Waals surface area contributed by atoms with Crippen molar-refractivity contribution in [3.63, 3.8) is 0 Å². The maximum Gasteiger partial charge on any atom is 0.0619 e. The van der Waals surface area contributed by atoms with Gasteiger partial charge < -0.3 is 10.1 Å². The molecule has 4 saturated carbocycles. The van der Waals surface area contributed by atoms with E-state index in [2.05, 4.69) is 5.32 Å². The maximum absolute atomic E-state index is 5.61. The molecule has 4 bridgehead atoms. The van der Waals surface area contributed by atoms with E-state index in [-0.39, 0.29) is 0 Å². The van der Waals surface area contributed by atoms with E-state index in [1.165, 1.54) is 38.5 Å². The van der Waals surface area contributed by atoms with E-state index in [0.29, 0.717) is 6.04 Å². The van der Waals surface area contributed by atoms with E-state index in [4.69, 9.17) is 4.74 Å². The molecule has 1 atom stereocenters. The Morgan fingerprint density at radius 2 is 1.59 bits per heavy atom. The van der Waals surface area contributed by atoms with Gasteiger partial charge in [0.15, 0.2) is 0 Å². The lowest BCUT2D eigenvalue weighted by atomic mass is 9.54. The molecule has 1 N–H and O–H groups in total. The summed E-state index contributed by atoms with van der Waals surface area (Å²) in [5, 5.41) is 3.98. The van der Waals surface area contributed by atoms with E-state index < -0.39 is 0 Å². The molecule has 1 unspecified atom stereocenters. The number of nitrogens with one attached hydrogen (secondary N) is 1. The molecule has 0 spiro atoms. The standard InChI is InChI=1S/C15H25NO/c1-2-14(9-17-3-1)16-15-12-5-10-4-11(7-12)8-13(15)6-10/h10-16H,1-9H2. The van der Waals surface area contributed by atoms with Crippen LogP contribution in [-0.2, 0) is 4.74 Å². The van der Waals surface area contributed by atoms with E-state index in [9.17, 15) is 0 Å². The monoisotopic (exact) mass is 235 g/mol. The number of rotatable bonds is 2. The van der Waals surface area contributed by atoms with Crippen molar-refractivity contribution in [1.82, 2.24) is 5.32 Å². The third kappa shape index (κ3) is 1.94. The van der Waals surface area contributed by atoms with Crippen LogP contribution in [0.5, 0.6) is 0 Å². The highest BCUT2D eigenvalue weighted by Gasteiger charge is 2.48. The van der Waals surface area contributed by atoms with Gasteiger partial charge in [0.05, 0.1) is 6.61 Å². The van der Waals surface area contributed by atoms with Crippen LogP contribution in [0, 0.1) is 23.7 Å². The average Bonchev–Trinajstić information content (AvgIpc) is 2.34. The van der Waals surface area contributed by atoms with Crippen LogP contribution in [0.25, 0.3) is 0 Å². The molecule has 5 rings (SSSR count). The number of hydrogen-bond donors (Lipinski definition) is 1. The van der Waals surface area contributed by atoms with Gasteiger partial charge in [-0.2, -0.15) is 0 Å². The summed E-state index contributed by atoms with van der Waals surface area (Å²) in [7, 11) is 0. The third-order valence-corrected chi connectivity index (χ3v) is 5.82. The van der Waals surface area contributed by atoms with Crippen LogP contribution in [0.3, 0.4) is 0 Å². The highest BCUT2D eigenvalue weighted by molar-refractivity contribution is 5.02. The number of ether oxygens (including phenoxy) is 1. The van der Waals surface area contributed by atoms with Crippen molar-refractivity contribution in [2.24, 2.45) is 23.7 Å². The van der Waals surface area contributed by atoms with Crippen LogP contribution in [-0.4, -0.2) is 25.3 Å². The van der Waals surface area contributed by atoms with Gasteiger partial charge in [0.25, 0.3) is 0 Å². The molecule has 5 fully saturated rings. The Morgan fingerprint density at radius 1 is 0.882 bits per heavy atom. The minimum Gasteiger partial charge on any atom is -0.380 e. The quantitative estimate of drug-likeness (QED) is 0.794. The Bertz CT molecular complexity index is 257. The Balaban J connectivity index is 1.43. The first-order valence-electron chi connectivity index (χ1n) is 7.72. The summed E-state index contributed by atoms with van der Waals surface area (Å²) in [6.45, 7) is 1.95. The molecule has 1 aliphatic heterocycles. The lowest BCUT2D eigenvalue weighted by Gasteiger charge is -2.55. The minimum atomic E-state index is 0.659. The highest BCUT2D eigenvalue weighted by Crippen LogP contribution is 2.53. The lowest BCUT2D eigenvalue weighted by molar-refractivity contribution is -0.0281. The maximum atomic E-state index is 5.61. The zero-order valence-corrected chi connectivity index (χ0v) is 10.7. The first-order valence-corrected chi connectivity index (χ1v) is 7.72. The SMILES string of the molecule is C1COCC(NC2C3CC4CC(C3)CC2C4)C1. The summed E-state index contributed by atoms with van der Waals surface area (Å²) < 4.78 is 5.61. The molecule has 1 saturated heterocycles. The van der Waals surface area contributed by atoms with Crippen molar-refractivity contribution >= 4 is 0 Å². The van der Waals surface area contributed by atoms with E-state index in [1.54, 1.807) is 6.42 Å². The number of hydrogen-bond acceptors (Lipinski definition) is 2. The van der Waals surface area contributed by atoms with Crippen molar-refractivity contribution in [3.8, 4) is 0 Å². The van der Waals surface area contributed by atoms with Gasteiger partial charge >= 0.3 is 0 Å². The van der Waals surface area contributed by atoms with E-state index in [1.807, 2.05) is 0 Å². The molecule has 96 valence electrons. The minimum absolute atomic E-state index is 0.659. The molecule has 2 heteroatoms. The van der Waals surface area contributed by atoms with Crippen LogP contribution >= 0.6 is 0 Å². The summed E-state index contributed by atoms with van der Waals surface area (Å²) in [5.41, 5.74) is 0. The van der Waals surface area contributed by atoms with Gasteiger partial charge in [-0.25, -0.2) is 0 Å². The molecule has 0 aromatic carbocycles. The highest BCUT2D eigenvalue weighted by atomic mass is 16.5. The summed E-state index contributed by atoms with van der Waals surface area (Å²) in [4.78, 5) is 0. The van der Waals surface area contributed by atoms with Crippen molar-refractivity contribution < 1.29 is 4.74 Å². The van der Waals surface area contributed by atoms with Gasteiger partial charge in [-0.15, -0.1) is 0 Å². The van der Waals surface area contributed by atoms with Crippen LogP contribution in [0.4, 0.5) is 0 Å². The van der Waals surface area contributed by atoms with Gasteiger partial charge in [-0.3, -0.25) is 0 Å². The largest absolute Gasteiger partial charge is 0.380 e. The second-order valence-corrected chi connectivity index (χ2v) is 7.04.